The van der Waals surface area contributed by atoms with E-state index >= 15 is 0 Å². The maximum absolute atomic E-state index is 12.6. The van der Waals surface area contributed by atoms with Crippen LogP contribution in [0.5, 0.6) is 0 Å². The summed E-state index contributed by atoms with van der Waals surface area (Å²) in [4.78, 5) is 32.0. The van der Waals surface area contributed by atoms with Gasteiger partial charge in [0.2, 0.25) is 11.8 Å². The Morgan fingerprint density at radius 2 is 2.21 bits per heavy atom. The van der Waals surface area contributed by atoms with Crippen molar-refractivity contribution in [3.8, 4) is 0 Å². The van der Waals surface area contributed by atoms with Gasteiger partial charge in [0.25, 0.3) is 0 Å². The van der Waals surface area contributed by atoms with Crippen LogP contribution in [0.25, 0.3) is 0 Å². The number of thiazole rings is 1. The molecule has 7 heteroatoms. The van der Waals surface area contributed by atoms with Crippen molar-refractivity contribution in [3.05, 3.63) is 10.6 Å². The molecule has 2 heterocycles. The molecule has 1 aromatic rings. The summed E-state index contributed by atoms with van der Waals surface area (Å²) < 4.78 is 5.63. The summed E-state index contributed by atoms with van der Waals surface area (Å²) in [6.07, 6.45) is 2.75. The molecule has 0 unspecified atom stereocenters. The average Bonchev–Trinajstić information content (AvgIpc) is 3.15. The second kappa shape index (κ2) is 8.58. The number of ether oxygens (including phenoxy) is 1. The Bertz CT molecular complexity index is 562. The van der Waals surface area contributed by atoms with Crippen molar-refractivity contribution in [1.29, 1.82) is 0 Å². The molecule has 0 spiro atoms. The predicted molar refractivity (Wildman–Crippen MR) is 95.2 cm³/mol. The molecule has 0 aliphatic carbocycles. The molecule has 6 nitrogen and oxygen atoms in total. The number of nitrogens with one attached hydrogen (secondary N) is 1. The smallest absolute Gasteiger partial charge is 0.245 e. The Morgan fingerprint density at radius 1 is 1.46 bits per heavy atom. The van der Waals surface area contributed by atoms with Gasteiger partial charge in [-0.15, -0.1) is 11.3 Å². The van der Waals surface area contributed by atoms with E-state index in [0.717, 1.165) is 36.4 Å². The molecule has 1 N–H and O–H groups in total. The summed E-state index contributed by atoms with van der Waals surface area (Å²) in [5.41, 5.74) is 0.919. The molecule has 0 saturated carbocycles. The Hall–Kier alpha value is -1.47. The van der Waals surface area contributed by atoms with E-state index in [1.54, 1.807) is 4.90 Å². The first kappa shape index (κ1) is 18.9. The van der Waals surface area contributed by atoms with E-state index < -0.39 is 0 Å². The minimum atomic E-state index is -0.210. The summed E-state index contributed by atoms with van der Waals surface area (Å²) in [6.45, 7) is 9.02. The standard InChI is InChI=1S/C17H27N3O3S/c1-5-11(2)16(22)20(9-14-7-6-8-23-14)10-15(21)19-17-18-12(3)13(4)24-17/h11,14H,5-10H2,1-4H3,(H,18,19,21)/t11-,14+/m0/s1. The minimum absolute atomic E-state index is 0.00894. The second-order valence-corrected chi connectivity index (χ2v) is 7.58. The molecule has 134 valence electrons. The van der Waals surface area contributed by atoms with Gasteiger partial charge in [0.05, 0.1) is 11.8 Å². The summed E-state index contributed by atoms with van der Waals surface area (Å²) in [5, 5.41) is 3.39. The van der Waals surface area contributed by atoms with Crippen LogP contribution in [0.4, 0.5) is 5.13 Å². The molecular formula is C17H27N3O3S. The second-order valence-electron chi connectivity index (χ2n) is 6.37. The average molecular weight is 353 g/mol. The molecule has 0 radical (unpaired) electrons. The van der Waals surface area contributed by atoms with Gasteiger partial charge in [0.1, 0.15) is 6.54 Å². The Balaban J connectivity index is 1.99. The van der Waals surface area contributed by atoms with Gasteiger partial charge in [0, 0.05) is 23.9 Å². The van der Waals surface area contributed by atoms with Gasteiger partial charge in [-0.2, -0.15) is 0 Å². The highest BCUT2D eigenvalue weighted by molar-refractivity contribution is 7.15. The summed E-state index contributed by atoms with van der Waals surface area (Å²) in [7, 11) is 0. The lowest BCUT2D eigenvalue weighted by molar-refractivity contribution is -0.139. The third-order valence-corrected chi connectivity index (χ3v) is 5.39. The van der Waals surface area contributed by atoms with E-state index in [0.29, 0.717) is 11.7 Å². The van der Waals surface area contributed by atoms with Crippen LogP contribution >= 0.6 is 11.3 Å². The number of rotatable bonds is 7. The molecule has 1 fully saturated rings. The van der Waals surface area contributed by atoms with Crippen molar-refractivity contribution >= 4 is 28.3 Å². The van der Waals surface area contributed by atoms with Gasteiger partial charge in [-0.25, -0.2) is 4.98 Å². The number of nitrogens with zero attached hydrogens (tertiary/aromatic N) is 2. The lowest BCUT2D eigenvalue weighted by atomic mass is 10.1. The maximum atomic E-state index is 12.6. The number of carbonyl (C=O) groups excluding carboxylic acids is 2. The maximum Gasteiger partial charge on any atom is 0.245 e. The minimum Gasteiger partial charge on any atom is -0.376 e. The van der Waals surface area contributed by atoms with E-state index in [1.165, 1.54) is 11.3 Å². The molecule has 0 bridgehead atoms. The summed E-state index contributed by atoms with van der Waals surface area (Å²) in [6, 6.07) is 0. The van der Waals surface area contributed by atoms with Crippen LogP contribution in [0, 0.1) is 19.8 Å². The molecule has 0 aromatic carbocycles. The third kappa shape index (κ3) is 5.01. The van der Waals surface area contributed by atoms with Gasteiger partial charge >= 0.3 is 0 Å². The molecule has 1 aliphatic rings. The third-order valence-electron chi connectivity index (χ3n) is 4.40. The van der Waals surface area contributed by atoms with Crippen molar-refractivity contribution < 1.29 is 14.3 Å². The molecule has 1 aromatic heterocycles. The van der Waals surface area contributed by atoms with Crippen LogP contribution in [-0.2, 0) is 14.3 Å². The number of aromatic nitrogens is 1. The zero-order chi connectivity index (χ0) is 17.7. The first-order valence-corrected chi connectivity index (χ1v) is 9.36. The highest BCUT2D eigenvalue weighted by Gasteiger charge is 2.26. The molecule has 24 heavy (non-hydrogen) atoms. The highest BCUT2D eigenvalue weighted by Crippen LogP contribution is 2.21. The van der Waals surface area contributed by atoms with E-state index in [1.807, 2.05) is 27.7 Å². The van der Waals surface area contributed by atoms with Crippen LogP contribution in [0.1, 0.15) is 43.7 Å². The monoisotopic (exact) mass is 353 g/mol. The lowest BCUT2D eigenvalue weighted by Gasteiger charge is -2.27. The molecule has 2 amide bonds. The normalized spacial score (nSPS) is 18.4. The number of hydrogen-bond donors (Lipinski definition) is 1. The zero-order valence-electron chi connectivity index (χ0n) is 14.9. The van der Waals surface area contributed by atoms with Crippen molar-refractivity contribution in [2.24, 2.45) is 5.92 Å². The van der Waals surface area contributed by atoms with Crippen LogP contribution in [-0.4, -0.2) is 47.5 Å². The fourth-order valence-corrected chi connectivity index (χ4v) is 3.44. The molecular weight excluding hydrogens is 326 g/mol. The van der Waals surface area contributed by atoms with E-state index in [9.17, 15) is 9.59 Å². The highest BCUT2D eigenvalue weighted by atomic mass is 32.1. The predicted octanol–water partition coefficient (Wildman–Crippen LogP) is 2.75. The Morgan fingerprint density at radius 3 is 2.75 bits per heavy atom. The van der Waals surface area contributed by atoms with Gasteiger partial charge < -0.3 is 15.0 Å². The van der Waals surface area contributed by atoms with E-state index in [-0.39, 0.29) is 30.4 Å². The van der Waals surface area contributed by atoms with Crippen LogP contribution in [0.3, 0.4) is 0 Å². The van der Waals surface area contributed by atoms with Crippen LogP contribution in [0.2, 0.25) is 0 Å². The molecule has 1 saturated heterocycles. The summed E-state index contributed by atoms with van der Waals surface area (Å²) in [5.74, 6) is -0.295. The van der Waals surface area contributed by atoms with Crippen molar-refractivity contribution in [2.75, 3.05) is 25.0 Å². The van der Waals surface area contributed by atoms with Crippen molar-refractivity contribution in [3.63, 3.8) is 0 Å². The van der Waals surface area contributed by atoms with E-state index in [4.69, 9.17) is 4.74 Å². The number of hydrogen-bond acceptors (Lipinski definition) is 5. The quantitative estimate of drug-likeness (QED) is 0.818. The number of aryl methyl sites for hydroxylation is 2. The number of anilines is 1. The SMILES string of the molecule is CC[C@H](C)C(=O)N(CC(=O)Nc1nc(C)c(C)s1)C[C@H]1CCCO1. The first-order valence-electron chi connectivity index (χ1n) is 8.55. The number of amides is 2. The van der Waals surface area contributed by atoms with Gasteiger partial charge in [-0.1, -0.05) is 13.8 Å². The fraction of sp³-hybridized carbons (Fsp3) is 0.706. The topological polar surface area (TPSA) is 71.5 Å². The molecule has 2 atom stereocenters. The largest absolute Gasteiger partial charge is 0.376 e. The van der Waals surface area contributed by atoms with Gasteiger partial charge in [-0.05, 0) is 33.1 Å². The van der Waals surface area contributed by atoms with E-state index in [2.05, 4.69) is 10.3 Å². The fourth-order valence-electron chi connectivity index (χ4n) is 2.61. The summed E-state index contributed by atoms with van der Waals surface area (Å²) >= 11 is 1.45. The van der Waals surface area contributed by atoms with Crippen LogP contribution < -0.4 is 5.32 Å². The van der Waals surface area contributed by atoms with Gasteiger partial charge in [-0.3, -0.25) is 9.59 Å². The Labute approximate surface area is 147 Å². The lowest BCUT2D eigenvalue weighted by Crippen LogP contribution is -2.44. The van der Waals surface area contributed by atoms with Gasteiger partial charge in [0.15, 0.2) is 5.13 Å². The zero-order valence-corrected chi connectivity index (χ0v) is 15.7. The Kier molecular flexibility index (Phi) is 6.74. The van der Waals surface area contributed by atoms with Crippen molar-refractivity contribution in [1.82, 2.24) is 9.88 Å². The number of carbonyl (C=O) groups is 2. The molecule has 1 aliphatic heterocycles. The van der Waals surface area contributed by atoms with Crippen LogP contribution in [0.15, 0.2) is 0 Å². The molecule has 2 rings (SSSR count). The first-order chi connectivity index (χ1) is 11.4. The van der Waals surface area contributed by atoms with Crippen molar-refractivity contribution in [2.45, 2.75) is 53.1 Å².